The van der Waals surface area contributed by atoms with E-state index in [4.69, 9.17) is 28.4 Å². The van der Waals surface area contributed by atoms with Crippen molar-refractivity contribution in [2.45, 2.75) is 171 Å². The summed E-state index contributed by atoms with van der Waals surface area (Å²) in [5.74, 6) is -3.68. The van der Waals surface area contributed by atoms with Gasteiger partial charge in [-0.25, -0.2) is 9.59 Å². The SMILES string of the molecule is CC1CC(C(=O)NCCCc2cn(CCn3ccc4cc([N+](=O)[O-])ccc43)nn2)C[C@@H](O[C@@H]2OC(CO)[C@H](O)C(O[C@@H](CC3CCCCC3)C(=O)O)C2OC(=O)c2ccccc2)C1O[C@@H]1OC(C)[C@@H](O)C(O)C1O. The van der Waals surface area contributed by atoms with Crippen molar-refractivity contribution in [1.82, 2.24) is 24.9 Å². The molecule has 8 rings (SSSR count). The highest BCUT2D eigenvalue weighted by Gasteiger charge is 2.54. The maximum Gasteiger partial charge on any atom is 0.338 e. The molecule has 404 valence electrons. The number of aliphatic carboxylic acids is 1. The minimum Gasteiger partial charge on any atom is -0.479 e. The number of benzene rings is 2. The number of carboxylic acid groups (broad SMARTS) is 1. The second-order valence-electron chi connectivity index (χ2n) is 20.1. The Morgan fingerprint density at radius 3 is 2.39 bits per heavy atom. The summed E-state index contributed by atoms with van der Waals surface area (Å²) < 4.78 is 41.1. The summed E-state index contributed by atoms with van der Waals surface area (Å²) in [5.41, 5.74) is 1.70. The number of nitrogens with zero attached hydrogens (tertiary/aromatic N) is 5. The monoisotopic (exact) mass is 1040 g/mol. The average Bonchev–Trinajstić information content (AvgIpc) is 4.04. The van der Waals surface area contributed by atoms with Crippen LogP contribution in [-0.2, 0) is 57.5 Å². The number of nitrogens with one attached hydrogen (secondary N) is 1. The molecule has 1 amide bonds. The van der Waals surface area contributed by atoms with E-state index in [1.165, 1.54) is 31.2 Å². The molecule has 7 N–H and O–H groups in total. The van der Waals surface area contributed by atoms with Crippen molar-refractivity contribution in [1.29, 1.82) is 0 Å². The van der Waals surface area contributed by atoms with Gasteiger partial charge in [-0.3, -0.25) is 19.6 Å². The summed E-state index contributed by atoms with van der Waals surface area (Å²) in [5, 5.41) is 88.5. The largest absolute Gasteiger partial charge is 0.479 e. The summed E-state index contributed by atoms with van der Waals surface area (Å²) in [6, 6.07) is 14.5. The zero-order valence-electron chi connectivity index (χ0n) is 41.4. The molecule has 2 aromatic carbocycles. The quantitative estimate of drug-likeness (QED) is 0.0273. The lowest BCUT2D eigenvalue weighted by Gasteiger charge is -2.48. The molecule has 23 nitrogen and oxygen atoms in total. The number of aliphatic hydroxyl groups excluding tert-OH is 5. The lowest BCUT2D eigenvalue weighted by atomic mass is 9.77. The average molecular weight is 1040 g/mol. The zero-order chi connectivity index (χ0) is 52.6. The fraction of sp³-hybridized carbons (Fsp3) is 0.627. The Hall–Kier alpha value is -5.47. The number of aryl methyl sites for hydroxylation is 3. The van der Waals surface area contributed by atoms with E-state index in [0.29, 0.717) is 31.6 Å². The highest BCUT2D eigenvalue weighted by atomic mass is 16.7. The maximum atomic E-state index is 14.1. The highest BCUT2D eigenvalue weighted by Crippen LogP contribution is 2.39. The number of esters is 1. The number of nitro groups is 1. The van der Waals surface area contributed by atoms with Crippen LogP contribution in [0.25, 0.3) is 10.9 Å². The topological polar surface area (TPSA) is 319 Å². The molecule has 0 radical (unpaired) electrons. The van der Waals surface area contributed by atoms with Gasteiger partial charge in [0.1, 0.15) is 36.6 Å². The van der Waals surface area contributed by atoms with Gasteiger partial charge in [0.05, 0.1) is 47.6 Å². The molecule has 4 aromatic rings. The fourth-order valence-corrected chi connectivity index (χ4v) is 10.7. The summed E-state index contributed by atoms with van der Waals surface area (Å²) in [6.45, 7) is 3.83. The van der Waals surface area contributed by atoms with E-state index in [2.05, 4.69) is 15.6 Å². The molecular formula is C51H68N6O17. The molecule has 15 atom stereocenters. The summed E-state index contributed by atoms with van der Waals surface area (Å²) in [4.78, 5) is 51.5. The number of aliphatic hydroxyl groups is 5. The van der Waals surface area contributed by atoms with Crippen LogP contribution in [0, 0.1) is 27.9 Å². The van der Waals surface area contributed by atoms with Crippen LogP contribution in [0.5, 0.6) is 0 Å². The molecule has 2 saturated carbocycles. The molecule has 4 heterocycles. The predicted octanol–water partition coefficient (Wildman–Crippen LogP) is 2.65. The van der Waals surface area contributed by atoms with E-state index in [1.807, 2.05) is 23.0 Å². The fourth-order valence-electron chi connectivity index (χ4n) is 10.7. The summed E-state index contributed by atoms with van der Waals surface area (Å²) in [7, 11) is 0. The number of non-ortho nitro benzene ring substituents is 1. The summed E-state index contributed by atoms with van der Waals surface area (Å²) in [6.07, 6.45) is -9.30. The molecule has 23 heteroatoms. The van der Waals surface area contributed by atoms with Crippen molar-refractivity contribution in [3.8, 4) is 0 Å². The Labute approximate surface area is 426 Å². The minimum atomic E-state index is -1.71. The van der Waals surface area contributed by atoms with Gasteiger partial charge in [0, 0.05) is 54.4 Å². The molecule has 4 fully saturated rings. The Kier molecular flexibility index (Phi) is 18.4. The van der Waals surface area contributed by atoms with Crippen LogP contribution >= 0.6 is 0 Å². The van der Waals surface area contributed by atoms with Crippen LogP contribution in [0.4, 0.5) is 5.69 Å². The van der Waals surface area contributed by atoms with E-state index < -0.39 is 115 Å². The van der Waals surface area contributed by atoms with Gasteiger partial charge in [-0.1, -0.05) is 62.4 Å². The Bertz CT molecular complexity index is 2510. The Balaban J connectivity index is 0.976. The number of hydrogen-bond acceptors (Lipinski definition) is 18. The molecule has 0 spiro atoms. The van der Waals surface area contributed by atoms with Crippen LogP contribution in [0.1, 0.15) is 87.7 Å². The molecule has 9 unspecified atom stereocenters. The lowest BCUT2D eigenvalue weighted by molar-refractivity contribution is -0.384. The van der Waals surface area contributed by atoms with Gasteiger partial charge < -0.3 is 68.9 Å². The minimum absolute atomic E-state index is 0.0192. The first kappa shape index (κ1) is 54.8. The van der Waals surface area contributed by atoms with Crippen molar-refractivity contribution in [3.63, 3.8) is 0 Å². The number of amides is 1. The standard InChI is InChI=1S/C51H68N6O17/c1-28-22-33(47(63)52-18-9-14-34-26-56(54-53-34)21-20-55-19-17-32-24-35(57(67)68)15-16-36(32)55)25-37(44(28)74-50-43(62)42(61)40(59)29(2)69-50)71-51-46(73-49(66)31-12-7-4-8-13-31)45(41(60)39(27-58)72-51)70-38(48(64)65)23-30-10-5-3-6-11-30/h4,7-8,12-13,15-17,19,24,26,28-30,33,37-46,50-51,58-62H,3,5-6,9-11,14,18,20-23,25,27H2,1-2H3,(H,52,63)(H,64,65)/t28?,29?,33?,37-,38+,39?,40-,41+,42?,43?,44?,45?,46?,50+,51-/m1/s1. The highest BCUT2D eigenvalue weighted by molar-refractivity contribution is 5.89. The van der Waals surface area contributed by atoms with Crippen LogP contribution in [0.3, 0.4) is 0 Å². The van der Waals surface area contributed by atoms with Crippen molar-refractivity contribution in [3.05, 3.63) is 88.4 Å². The molecule has 0 bridgehead atoms. The molecule has 2 saturated heterocycles. The van der Waals surface area contributed by atoms with Gasteiger partial charge in [0.25, 0.3) is 5.69 Å². The van der Waals surface area contributed by atoms with Crippen LogP contribution in [0.15, 0.2) is 67.0 Å². The van der Waals surface area contributed by atoms with Crippen molar-refractivity contribution in [2.24, 2.45) is 17.8 Å². The summed E-state index contributed by atoms with van der Waals surface area (Å²) >= 11 is 0. The third kappa shape index (κ3) is 13.1. The van der Waals surface area contributed by atoms with Gasteiger partial charge >= 0.3 is 11.9 Å². The van der Waals surface area contributed by atoms with Crippen molar-refractivity contribution >= 4 is 34.4 Å². The second kappa shape index (κ2) is 24.9. The predicted molar refractivity (Wildman–Crippen MR) is 259 cm³/mol. The number of hydrogen-bond donors (Lipinski definition) is 7. The van der Waals surface area contributed by atoms with E-state index in [1.54, 1.807) is 35.9 Å². The van der Waals surface area contributed by atoms with Crippen molar-refractivity contribution in [2.75, 3.05) is 13.2 Å². The van der Waals surface area contributed by atoms with Crippen LogP contribution in [-0.4, -0.2) is 166 Å². The lowest BCUT2D eigenvalue weighted by Crippen LogP contribution is -2.64. The smallest absolute Gasteiger partial charge is 0.338 e. The third-order valence-electron chi connectivity index (χ3n) is 14.8. The zero-order valence-corrected chi connectivity index (χ0v) is 41.4. The number of carboxylic acids is 1. The number of carbonyl (C=O) groups excluding carboxylic acids is 2. The van der Waals surface area contributed by atoms with Gasteiger partial charge in [-0.05, 0) is 75.1 Å². The molecule has 74 heavy (non-hydrogen) atoms. The molecular weight excluding hydrogens is 969 g/mol. The number of rotatable bonds is 21. The second-order valence-corrected chi connectivity index (χ2v) is 20.1. The first-order chi connectivity index (χ1) is 35.6. The Morgan fingerprint density at radius 2 is 1.66 bits per heavy atom. The van der Waals surface area contributed by atoms with E-state index >= 15 is 0 Å². The molecule has 2 aliphatic heterocycles. The van der Waals surface area contributed by atoms with Crippen LogP contribution < -0.4 is 5.32 Å². The van der Waals surface area contributed by atoms with Crippen LogP contribution in [0.2, 0.25) is 0 Å². The maximum absolute atomic E-state index is 14.1. The van der Waals surface area contributed by atoms with E-state index in [0.717, 1.165) is 43.0 Å². The number of nitro benzene ring substituents is 1. The van der Waals surface area contributed by atoms with Gasteiger partial charge in [0.2, 0.25) is 5.91 Å². The molecule has 4 aliphatic rings. The number of fused-ring (bicyclic) bond motifs is 1. The molecule has 2 aromatic heterocycles. The van der Waals surface area contributed by atoms with E-state index in [9.17, 15) is 55.1 Å². The molecule has 2 aliphatic carbocycles. The normalized spacial score (nSPS) is 31.2. The number of aromatic nitrogens is 4. The van der Waals surface area contributed by atoms with Gasteiger partial charge in [0.15, 0.2) is 24.8 Å². The first-order valence-corrected chi connectivity index (χ1v) is 25.6. The van der Waals surface area contributed by atoms with Gasteiger partial charge in [-0.2, -0.15) is 0 Å². The van der Waals surface area contributed by atoms with Crippen molar-refractivity contribution < 1.29 is 78.4 Å². The third-order valence-corrected chi connectivity index (χ3v) is 14.8. The number of ether oxygens (including phenoxy) is 6. The van der Waals surface area contributed by atoms with Gasteiger partial charge in [-0.15, -0.1) is 5.10 Å². The number of carbonyl (C=O) groups is 3. The Morgan fingerprint density at radius 1 is 0.892 bits per heavy atom. The first-order valence-electron chi connectivity index (χ1n) is 25.6. The van der Waals surface area contributed by atoms with E-state index in [-0.39, 0.29) is 48.9 Å².